The third kappa shape index (κ3) is 5.04. The third-order valence-electron chi connectivity index (χ3n) is 3.59. The van der Waals surface area contributed by atoms with Crippen molar-refractivity contribution in [3.8, 4) is 11.8 Å². The number of ether oxygens (including phenoxy) is 2. The number of hydrogen-bond donors (Lipinski definition) is 1. The molecule has 21 heavy (non-hydrogen) atoms. The molecule has 1 aromatic rings. The van der Waals surface area contributed by atoms with Gasteiger partial charge < -0.3 is 9.47 Å². The van der Waals surface area contributed by atoms with E-state index >= 15 is 0 Å². The Morgan fingerprint density at radius 3 is 2.86 bits per heavy atom. The fourth-order valence-electron chi connectivity index (χ4n) is 2.54. The van der Waals surface area contributed by atoms with Crippen LogP contribution in [0.2, 0.25) is 0 Å². The van der Waals surface area contributed by atoms with Crippen molar-refractivity contribution in [2.45, 2.75) is 57.4 Å². The van der Waals surface area contributed by atoms with E-state index in [1.807, 2.05) is 38.1 Å². The lowest BCUT2D eigenvalue weighted by Crippen LogP contribution is -2.45. The van der Waals surface area contributed by atoms with Gasteiger partial charge in [-0.2, -0.15) is 5.26 Å². The van der Waals surface area contributed by atoms with Gasteiger partial charge in [-0.15, -0.1) is 0 Å². The maximum absolute atomic E-state index is 9.41. The van der Waals surface area contributed by atoms with E-state index in [-0.39, 0.29) is 6.10 Å². The SMILES string of the molecule is COCc1cccc(OC(C)CC(C)(C#N)NC2CC2)c1. The number of hydrogen-bond acceptors (Lipinski definition) is 4. The van der Waals surface area contributed by atoms with E-state index in [0.717, 1.165) is 11.3 Å². The van der Waals surface area contributed by atoms with Gasteiger partial charge in [0, 0.05) is 19.6 Å². The molecule has 0 aliphatic heterocycles. The molecule has 1 aromatic carbocycles. The van der Waals surface area contributed by atoms with Gasteiger partial charge >= 0.3 is 0 Å². The molecule has 4 heteroatoms. The molecule has 0 aromatic heterocycles. The number of nitrogens with zero attached hydrogens (tertiary/aromatic N) is 1. The maximum Gasteiger partial charge on any atom is 0.120 e. The minimum atomic E-state index is -0.523. The normalized spacial score (nSPS) is 18.6. The van der Waals surface area contributed by atoms with Gasteiger partial charge in [-0.1, -0.05) is 12.1 Å². The molecule has 1 fully saturated rings. The van der Waals surface area contributed by atoms with Gasteiger partial charge in [-0.25, -0.2) is 0 Å². The number of benzene rings is 1. The summed E-state index contributed by atoms with van der Waals surface area (Å²) in [5, 5.41) is 12.8. The molecule has 0 heterocycles. The predicted octanol–water partition coefficient (Wildman–Crippen LogP) is 3.02. The Hall–Kier alpha value is -1.57. The van der Waals surface area contributed by atoms with Gasteiger partial charge in [0.15, 0.2) is 0 Å². The van der Waals surface area contributed by atoms with Gasteiger partial charge in [-0.05, 0) is 44.4 Å². The molecule has 0 radical (unpaired) electrons. The van der Waals surface area contributed by atoms with Crippen LogP contribution in [0.15, 0.2) is 24.3 Å². The summed E-state index contributed by atoms with van der Waals surface area (Å²) in [6.45, 7) is 4.53. The Labute approximate surface area is 127 Å². The highest BCUT2D eigenvalue weighted by molar-refractivity contribution is 5.28. The highest BCUT2D eigenvalue weighted by atomic mass is 16.5. The number of methoxy groups -OCH3 is 1. The summed E-state index contributed by atoms with van der Waals surface area (Å²) in [5.74, 6) is 0.823. The van der Waals surface area contributed by atoms with Crippen molar-refractivity contribution in [1.29, 1.82) is 5.26 Å². The highest BCUT2D eigenvalue weighted by Gasteiger charge is 2.34. The average molecular weight is 288 g/mol. The second-order valence-electron chi connectivity index (χ2n) is 6.08. The van der Waals surface area contributed by atoms with Crippen LogP contribution in [-0.2, 0) is 11.3 Å². The molecule has 1 aliphatic rings. The van der Waals surface area contributed by atoms with Gasteiger partial charge in [0.05, 0.1) is 18.8 Å². The summed E-state index contributed by atoms with van der Waals surface area (Å²) in [6.07, 6.45) is 2.98. The van der Waals surface area contributed by atoms with E-state index < -0.39 is 5.54 Å². The minimum Gasteiger partial charge on any atom is -0.491 e. The zero-order valence-corrected chi connectivity index (χ0v) is 13.1. The molecule has 0 bridgehead atoms. The van der Waals surface area contributed by atoms with E-state index in [1.54, 1.807) is 7.11 Å². The Morgan fingerprint density at radius 2 is 2.24 bits per heavy atom. The predicted molar refractivity (Wildman–Crippen MR) is 82.0 cm³/mol. The molecule has 1 aliphatic carbocycles. The molecule has 0 amide bonds. The van der Waals surface area contributed by atoms with Crippen LogP contribution in [0.4, 0.5) is 0 Å². The van der Waals surface area contributed by atoms with Crippen LogP contribution in [0.3, 0.4) is 0 Å². The van der Waals surface area contributed by atoms with Gasteiger partial charge in [0.25, 0.3) is 0 Å². The Morgan fingerprint density at radius 1 is 1.48 bits per heavy atom. The topological polar surface area (TPSA) is 54.3 Å². The summed E-state index contributed by atoms with van der Waals surface area (Å²) in [7, 11) is 1.68. The van der Waals surface area contributed by atoms with Crippen molar-refractivity contribution in [3.05, 3.63) is 29.8 Å². The lowest BCUT2D eigenvalue weighted by Gasteiger charge is -2.27. The summed E-state index contributed by atoms with van der Waals surface area (Å²) in [6, 6.07) is 10.8. The van der Waals surface area contributed by atoms with E-state index in [9.17, 15) is 5.26 Å². The van der Waals surface area contributed by atoms with Crippen molar-refractivity contribution in [2.75, 3.05) is 7.11 Å². The van der Waals surface area contributed by atoms with E-state index in [4.69, 9.17) is 9.47 Å². The fourth-order valence-corrected chi connectivity index (χ4v) is 2.54. The number of nitrogens with one attached hydrogen (secondary N) is 1. The Kier molecular flexibility index (Phi) is 5.22. The number of nitriles is 1. The lowest BCUT2D eigenvalue weighted by molar-refractivity contribution is 0.174. The summed E-state index contributed by atoms with van der Waals surface area (Å²) in [5.41, 5.74) is 0.561. The van der Waals surface area contributed by atoms with Gasteiger partial charge in [0.2, 0.25) is 0 Å². The van der Waals surface area contributed by atoms with Crippen LogP contribution in [0, 0.1) is 11.3 Å². The molecule has 0 saturated heterocycles. The summed E-state index contributed by atoms with van der Waals surface area (Å²) in [4.78, 5) is 0. The second kappa shape index (κ2) is 6.93. The van der Waals surface area contributed by atoms with E-state index in [2.05, 4.69) is 11.4 Å². The molecular weight excluding hydrogens is 264 g/mol. The van der Waals surface area contributed by atoms with Crippen molar-refractivity contribution < 1.29 is 9.47 Å². The second-order valence-corrected chi connectivity index (χ2v) is 6.08. The van der Waals surface area contributed by atoms with Crippen LogP contribution < -0.4 is 10.1 Å². The standard InChI is InChI=1S/C17H24N2O2/c1-13(10-17(2,12-18)19-15-7-8-15)21-16-6-4-5-14(9-16)11-20-3/h4-6,9,13,15,19H,7-8,10-11H2,1-3H3. The molecule has 2 atom stereocenters. The van der Waals surface area contributed by atoms with Gasteiger partial charge in [-0.3, -0.25) is 5.32 Å². The first-order valence-electron chi connectivity index (χ1n) is 7.48. The summed E-state index contributed by atoms with van der Waals surface area (Å²) < 4.78 is 11.1. The fraction of sp³-hybridized carbons (Fsp3) is 0.588. The lowest BCUT2D eigenvalue weighted by atomic mass is 9.96. The molecule has 1 saturated carbocycles. The molecule has 4 nitrogen and oxygen atoms in total. The van der Waals surface area contributed by atoms with Crippen molar-refractivity contribution in [2.24, 2.45) is 0 Å². The summed E-state index contributed by atoms with van der Waals surface area (Å²) >= 11 is 0. The van der Waals surface area contributed by atoms with Crippen LogP contribution in [0.5, 0.6) is 5.75 Å². The number of rotatable bonds is 8. The molecule has 2 rings (SSSR count). The van der Waals surface area contributed by atoms with Crippen molar-refractivity contribution in [3.63, 3.8) is 0 Å². The first-order chi connectivity index (χ1) is 10.0. The van der Waals surface area contributed by atoms with Crippen LogP contribution in [0.1, 0.15) is 38.7 Å². The van der Waals surface area contributed by atoms with E-state index in [0.29, 0.717) is 19.1 Å². The van der Waals surface area contributed by atoms with Gasteiger partial charge in [0.1, 0.15) is 11.3 Å². The highest BCUT2D eigenvalue weighted by Crippen LogP contribution is 2.25. The minimum absolute atomic E-state index is 0.0290. The molecule has 2 unspecified atom stereocenters. The third-order valence-corrected chi connectivity index (χ3v) is 3.59. The Bertz CT molecular complexity index is 508. The first kappa shape index (κ1) is 15.8. The largest absolute Gasteiger partial charge is 0.491 e. The molecular formula is C17H24N2O2. The molecule has 114 valence electrons. The van der Waals surface area contributed by atoms with Crippen molar-refractivity contribution >= 4 is 0 Å². The van der Waals surface area contributed by atoms with Crippen LogP contribution >= 0.6 is 0 Å². The smallest absolute Gasteiger partial charge is 0.120 e. The molecule has 1 N–H and O–H groups in total. The quantitative estimate of drug-likeness (QED) is 0.799. The first-order valence-corrected chi connectivity index (χ1v) is 7.48. The van der Waals surface area contributed by atoms with Crippen LogP contribution in [0.25, 0.3) is 0 Å². The van der Waals surface area contributed by atoms with Crippen LogP contribution in [-0.4, -0.2) is 24.8 Å². The average Bonchev–Trinajstić information content (AvgIpc) is 3.23. The van der Waals surface area contributed by atoms with Crippen molar-refractivity contribution in [1.82, 2.24) is 5.32 Å². The monoisotopic (exact) mass is 288 g/mol. The maximum atomic E-state index is 9.41. The molecule has 0 spiro atoms. The zero-order valence-electron chi connectivity index (χ0n) is 13.1. The zero-order chi connectivity index (χ0) is 15.3. The van der Waals surface area contributed by atoms with E-state index in [1.165, 1.54) is 12.8 Å². The Balaban J connectivity index is 1.92.